The Morgan fingerprint density at radius 2 is 1.89 bits per heavy atom. The molecule has 0 amide bonds. The number of nitrogens with one attached hydrogen (secondary N) is 2. The number of halogens is 1. The van der Waals surface area contributed by atoms with Gasteiger partial charge in [0.1, 0.15) is 0 Å². The molecule has 0 aromatic carbocycles. The third-order valence-electron chi connectivity index (χ3n) is 3.18. The Morgan fingerprint density at radius 3 is 2.50 bits per heavy atom. The van der Waals surface area contributed by atoms with Crippen molar-refractivity contribution in [2.75, 3.05) is 23.8 Å². The molecule has 3 N–H and O–H groups in total. The number of nitrogens with zero attached hydrogens (tertiary/aromatic N) is 3. The number of aliphatic hydroxyl groups is 1. The van der Waals surface area contributed by atoms with Crippen LogP contribution in [0.1, 0.15) is 32.6 Å². The summed E-state index contributed by atoms with van der Waals surface area (Å²) in [4.78, 5) is 12.3. The maximum atomic E-state index is 9.54. The molecule has 0 radical (unpaired) electrons. The molecule has 7 heteroatoms. The molecule has 1 saturated carbocycles. The zero-order valence-electron chi connectivity index (χ0n) is 10.4. The standard InChI is InChI=1S/C11H18ClN5O/c1-2-13-9-14-8(12)15-10(16-9)17-11(7-18)5-3-4-6-11/h18H,2-7H2,1H3,(H2,13,14,15,16,17). The van der Waals surface area contributed by atoms with Gasteiger partial charge in [0.25, 0.3) is 0 Å². The van der Waals surface area contributed by atoms with Gasteiger partial charge in [0.15, 0.2) is 0 Å². The fourth-order valence-electron chi connectivity index (χ4n) is 2.25. The Labute approximate surface area is 111 Å². The first-order valence-corrected chi connectivity index (χ1v) is 6.60. The molecule has 1 aliphatic carbocycles. The largest absolute Gasteiger partial charge is 0.394 e. The molecule has 0 atom stereocenters. The van der Waals surface area contributed by atoms with E-state index in [9.17, 15) is 5.11 Å². The zero-order valence-corrected chi connectivity index (χ0v) is 11.2. The lowest BCUT2D eigenvalue weighted by Crippen LogP contribution is -2.39. The first kappa shape index (κ1) is 13.3. The molecule has 0 aliphatic heterocycles. The summed E-state index contributed by atoms with van der Waals surface area (Å²) < 4.78 is 0. The van der Waals surface area contributed by atoms with Crippen LogP contribution in [0.2, 0.25) is 5.28 Å². The summed E-state index contributed by atoms with van der Waals surface area (Å²) in [5.74, 6) is 0.869. The third-order valence-corrected chi connectivity index (χ3v) is 3.35. The highest BCUT2D eigenvalue weighted by Gasteiger charge is 2.33. The average molecular weight is 272 g/mol. The molecule has 2 rings (SSSR count). The van der Waals surface area contributed by atoms with Crippen molar-refractivity contribution in [3.8, 4) is 0 Å². The van der Waals surface area contributed by atoms with Crippen molar-refractivity contribution in [2.24, 2.45) is 0 Å². The van der Waals surface area contributed by atoms with Gasteiger partial charge in [-0.25, -0.2) is 0 Å². The van der Waals surface area contributed by atoms with Gasteiger partial charge in [-0.05, 0) is 31.4 Å². The second kappa shape index (κ2) is 5.67. The SMILES string of the molecule is CCNc1nc(Cl)nc(NC2(CO)CCCC2)n1. The lowest BCUT2D eigenvalue weighted by Gasteiger charge is -2.27. The number of hydrogen-bond acceptors (Lipinski definition) is 6. The summed E-state index contributed by atoms with van der Waals surface area (Å²) in [5, 5.41) is 15.9. The van der Waals surface area contributed by atoms with Crippen molar-refractivity contribution in [1.82, 2.24) is 15.0 Å². The van der Waals surface area contributed by atoms with E-state index in [-0.39, 0.29) is 17.4 Å². The van der Waals surface area contributed by atoms with Crippen molar-refractivity contribution in [2.45, 2.75) is 38.1 Å². The maximum absolute atomic E-state index is 9.54. The van der Waals surface area contributed by atoms with Crippen LogP contribution in [0.4, 0.5) is 11.9 Å². The number of hydrogen-bond donors (Lipinski definition) is 3. The predicted molar refractivity (Wildman–Crippen MR) is 70.9 cm³/mol. The summed E-state index contributed by atoms with van der Waals surface area (Å²) in [6, 6.07) is 0. The van der Waals surface area contributed by atoms with Crippen molar-refractivity contribution in [1.29, 1.82) is 0 Å². The quantitative estimate of drug-likeness (QED) is 0.756. The van der Waals surface area contributed by atoms with Crippen LogP contribution in [0.5, 0.6) is 0 Å². The van der Waals surface area contributed by atoms with Crippen LogP contribution in [0.15, 0.2) is 0 Å². The van der Waals surface area contributed by atoms with Gasteiger partial charge in [0.2, 0.25) is 17.2 Å². The van der Waals surface area contributed by atoms with Crippen molar-refractivity contribution >= 4 is 23.5 Å². The Kier molecular flexibility index (Phi) is 4.19. The molecule has 1 aliphatic rings. The molecule has 0 unspecified atom stereocenters. The molecule has 0 saturated heterocycles. The molecule has 0 spiro atoms. The van der Waals surface area contributed by atoms with E-state index in [1.807, 2.05) is 6.92 Å². The van der Waals surface area contributed by atoms with Crippen LogP contribution in [-0.4, -0.2) is 38.7 Å². The molecule has 6 nitrogen and oxygen atoms in total. The van der Waals surface area contributed by atoms with Crippen molar-refractivity contribution < 1.29 is 5.11 Å². The molecular formula is C11H18ClN5O. The molecule has 1 aromatic rings. The maximum Gasteiger partial charge on any atom is 0.229 e. The molecule has 100 valence electrons. The zero-order chi connectivity index (χ0) is 13.0. The topological polar surface area (TPSA) is 83.0 Å². The van der Waals surface area contributed by atoms with Crippen LogP contribution >= 0.6 is 11.6 Å². The fraction of sp³-hybridized carbons (Fsp3) is 0.727. The van der Waals surface area contributed by atoms with Crippen LogP contribution in [0, 0.1) is 0 Å². The van der Waals surface area contributed by atoms with Crippen molar-refractivity contribution in [3.05, 3.63) is 5.28 Å². The fourth-order valence-corrected chi connectivity index (χ4v) is 2.41. The molecule has 18 heavy (non-hydrogen) atoms. The van der Waals surface area contributed by atoms with E-state index in [0.29, 0.717) is 18.4 Å². The first-order valence-electron chi connectivity index (χ1n) is 6.22. The minimum atomic E-state index is -0.311. The van der Waals surface area contributed by atoms with E-state index in [1.54, 1.807) is 0 Å². The Bertz CT molecular complexity index is 408. The van der Waals surface area contributed by atoms with Gasteiger partial charge in [0.05, 0.1) is 12.1 Å². The number of aliphatic hydroxyl groups excluding tert-OH is 1. The first-order chi connectivity index (χ1) is 8.67. The second-order valence-electron chi connectivity index (χ2n) is 4.55. The van der Waals surface area contributed by atoms with E-state index >= 15 is 0 Å². The Balaban J connectivity index is 2.17. The molecular weight excluding hydrogens is 254 g/mol. The monoisotopic (exact) mass is 271 g/mol. The highest BCUT2D eigenvalue weighted by atomic mass is 35.5. The summed E-state index contributed by atoms with van der Waals surface area (Å²) in [6.07, 6.45) is 4.05. The lowest BCUT2D eigenvalue weighted by atomic mass is 9.99. The van der Waals surface area contributed by atoms with Gasteiger partial charge in [0, 0.05) is 6.54 Å². The number of aromatic nitrogens is 3. The normalized spacial score (nSPS) is 17.7. The number of rotatable bonds is 5. The van der Waals surface area contributed by atoms with Gasteiger partial charge in [-0.1, -0.05) is 12.8 Å². The summed E-state index contributed by atoms with van der Waals surface area (Å²) in [6.45, 7) is 2.74. The lowest BCUT2D eigenvalue weighted by molar-refractivity contribution is 0.213. The van der Waals surface area contributed by atoms with Crippen LogP contribution < -0.4 is 10.6 Å². The van der Waals surface area contributed by atoms with E-state index in [1.165, 1.54) is 0 Å². The molecule has 1 heterocycles. The van der Waals surface area contributed by atoms with E-state index in [0.717, 1.165) is 25.7 Å². The van der Waals surface area contributed by atoms with Crippen molar-refractivity contribution in [3.63, 3.8) is 0 Å². The van der Waals surface area contributed by atoms with E-state index < -0.39 is 0 Å². The van der Waals surface area contributed by atoms with Gasteiger partial charge in [-0.3, -0.25) is 0 Å². The average Bonchev–Trinajstić information content (AvgIpc) is 2.78. The Morgan fingerprint density at radius 1 is 1.22 bits per heavy atom. The molecule has 1 fully saturated rings. The van der Waals surface area contributed by atoms with Gasteiger partial charge in [-0.2, -0.15) is 15.0 Å². The predicted octanol–water partition coefficient (Wildman–Crippen LogP) is 1.67. The van der Waals surface area contributed by atoms with Crippen LogP contribution in [0.3, 0.4) is 0 Å². The van der Waals surface area contributed by atoms with E-state index in [2.05, 4.69) is 25.6 Å². The summed E-state index contributed by atoms with van der Waals surface area (Å²) in [5.41, 5.74) is -0.311. The molecule has 1 aromatic heterocycles. The third kappa shape index (κ3) is 3.00. The van der Waals surface area contributed by atoms with Gasteiger partial charge < -0.3 is 15.7 Å². The summed E-state index contributed by atoms with van der Waals surface area (Å²) in [7, 11) is 0. The molecule has 0 bridgehead atoms. The number of anilines is 2. The van der Waals surface area contributed by atoms with Crippen LogP contribution in [0.25, 0.3) is 0 Å². The Hall–Kier alpha value is -1.14. The van der Waals surface area contributed by atoms with Gasteiger partial charge in [-0.15, -0.1) is 0 Å². The minimum Gasteiger partial charge on any atom is -0.394 e. The summed E-state index contributed by atoms with van der Waals surface area (Å²) >= 11 is 5.86. The smallest absolute Gasteiger partial charge is 0.229 e. The second-order valence-corrected chi connectivity index (χ2v) is 4.89. The minimum absolute atomic E-state index is 0.0762. The highest BCUT2D eigenvalue weighted by Crippen LogP contribution is 2.32. The van der Waals surface area contributed by atoms with Crippen LogP contribution in [-0.2, 0) is 0 Å². The van der Waals surface area contributed by atoms with E-state index in [4.69, 9.17) is 11.6 Å². The van der Waals surface area contributed by atoms with Gasteiger partial charge >= 0.3 is 0 Å². The highest BCUT2D eigenvalue weighted by molar-refractivity contribution is 6.28.